The van der Waals surface area contributed by atoms with E-state index in [-0.39, 0.29) is 12.5 Å². The summed E-state index contributed by atoms with van der Waals surface area (Å²) < 4.78 is 0. The zero-order chi connectivity index (χ0) is 14.5. The van der Waals surface area contributed by atoms with Gasteiger partial charge in [-0.3, -0.25) is 9.69 Å². The topological polar surface area (TPSA) is 52.6 Å². The normalized spacial score (nSPS) is 14.8. The lowest BCUT2D eigenvalue weighted by molar-refractivity contribution is -0.117. The SMILES string of the molecule is CC(C)c1ccccc1NC(=O)CN(CCO)C1CC1. The zero-order valence-corrected chi connectivity index (χ0v) is 12.3. The van der Waals surface area contributed by atoms with Crippen LogP contribution in [0, 0.1) is 0 Å². The lowest BCUT2D eigenvalue weighted by Gasteiger charge is -2.21. The molecule has 1 aromatic carbocycles. The van der Waals surface area contributed by atoms with E-state index in [1.165, 1.54) is 0 Å². The lowest BCUT2D eigenvalue weighted by atomic mass is 10.0. The Morgan fingerprint density at radius 1 is 1.40 bits per heavy atom. The fourth-order valence-electron chi connectivity index (χ4n) is 2.45. The van der Waals surface area contributed by atoms with Crippen LogP contribution in [-0.4, -0.2) is 41.7 Å². The monoisotopic (exact) mass is 276 g/mol. The Morgan fingerprint density at radius 3 is 2.70 bits per heavy atom. The fraction of sp³-hybridized carbons (Fsp3) is 0.562. The maximum atomic E-state index is 12.2. The summed E-state index contributed by atoms with van der Waals surface area (Å²) in [5.41, 5.74) is 2.05. The van der Waals surface area contributed by atoms with E-state index in [2.05, 4.69) is 24.1 Å². The second-order valence-electron chi connectivity index (χ2n) is 5.72. The van der Waals surface area contributed by atoms with E-state index in [0.29, 0.717) is 25.0 Å². The number of rotatable bonds is 7. The molecular formula is C16H24N2O2. The van der Waals surface area contributed by atoms with Gasteiger partial charge in [0.1, 0.15) is 0 Å². The first-order valence-electron chi connectivity index (χ1n) is 7.35. The smallest absolute Gasteiger partial charge is 0.238 e. The minimum Gasteiger partial charge on any atom is -0.395 e. The van der Waals surface area contributed by atoms with Crippen LogP contribution in [0.3, 0.4) is 0 Å². The number of benzene rings is 1. The molecule has 4 nitrogen and oxygen atoms in total. The lowest BCUT2D eigenvalue weighted by Crippen LogP contribution is -2.36. The minimum absolute atomic E-state index is 0.00144. The maximum absolute atomic E-state index is 12.2. The first-order chi connectivity index (χ1) is 9.61. The fourth-order valence-corrected chi connectivity index (χ4v) is 2.45. The average Bonchev–Trinajstić information content (AvgIpc) is 3.23. The number of para-hydroxylation sites is 1. The molecular weight excluding hydrogens is 252 g/mol. The van der Waals surface area contributed by atoms with E-state index >= 15 is 0 Å². The Morgan fingerprint density at radius 2 is 2.10 bits per heavy atom. The number of carbonyl (C=O) groups excluding carboxylic acids is 1. The van der Waals surface area contributed by atoms with E-state index in [9.17, 15) is 4.79 Å². The second-order valence-corrected chi connectivity index (χ2v) is 5.72. The maximum Gasteiger partial charge on any atom is 0.238 e. The molecule has 1 aliphatic carbocycles. The predicted molar refractivity (Wildman–Crippen MR) is 80.8 cm³/mol. The molecule has 0 atom stereocenters. The Labute approximate surface area is 120 Å². The molecule has 0 aromatic heterocycles. The summed E-state index contributed by atoms with van der Waals surface area (Å²) in [6.45, 7) is 5.27. The molecule has 1 saturated carbocycles. The van der Waals surface area contributed by atoms with E-state index < -0.39 is 0 Å². The standard InChI is InChI=1S/C16H24N2O2/c1-12(2)14-5-3-4-6-15(14)17-16(20)11-18(9-10-19)13-7-8-13/h3-6,12-13,19H,7-11H2,1-2H3,(H,17,20). The first kappa shape index (κ1) is 15.0. The van der Waals surface area contributed by atoms with Crippen molar-refractivity contribution in [3.63, 3.8) is 0 Å². The number of amides is 1. The third-order valence-corrected chi connectivity index (χ3v) is 3.65. The summed E-state index contributed by atoms with van der Waals surface area (Å²) in [6.07, 6.45) is 2.27. The number of nitrogens with zero attached hydrogens (tertiary/aromatic N) is 1. The van der Waals surface area contributed by atoms with E-state index in [1.54, 1.807) is 0 Å². The van der Waals surface area contributed by atoms with Crippen molar-refractivity contribution in [3.8, 4) is 0 Å². The highest BCUT2D eigenvalue weighted by atomic mass is 16.3. The van der Waals surface area contributed by atoms with Gasteiger partial charge >= 0.3 is 0 Å². The molecule has 0 bridgehead atoms. The summed E-state index contributed by atoms with van der Waals surface area (Å²) in [6, 6.07) is 8.40. The molecule has 0 spiro atoms. The summed E-state index contributed by atoms with van der Waals surface area (Å²) in [5.74, 6) is 0.377. The summed E-state index contributed by atoms with van der Waals surface area (Å²) in [7, 11) is 0. The van der Waals surface area contributed by atoms with Crippen LogP contribution in [0.5, 0.6) is 0 Å². The Hall–Kier alpha value is -1.39. The van der Waals surface area contributed by atoms with E-state index in [0.717, 1.165) is 24.1 Å². The van der Waals surface area contributed by atoms with Crippen molar-refractivity contribution < 1.29 is 9.90 Å². The molecule has 0 radical (unpaired) electrons. The molecule has 0 saturated heterocycles. The second kappa shape index (κ2) is 6.86. The van der Waals surface area contributed by atoms with E-state index in [4.69, 9.17) is 5.11 Å². The Kier molecular flexibility index (Phi) is 5.15. The third kappa shape index (κ3) is 4.05. The Balaban J connectivity index is 1.97. The number of hydrogen-bond acceptors (Lipinski definition) is 3. The van der Waals surface area contributed by atoms with Crippen molar-refractivity contribution in [2.45, 2.75) is 38.6 Å². The number of anilines is 1. The van der Waals surface area contributed by atoms with Gasteiger partial charge in [0, 0.05) is 18.3 Å². The van der Waals surface area contributed by atoms with Gasteiger partial charge in [0.25, 0.3) is 0 Å². The predicted octanol–water partition coefficient (Wildman–Crippen LogP) is 2.21. The molecule has 1 fully saturated rings. The number of aliphatic hydroxyl groups is 1. The third-order valence-electron chi connectivity index (χ3n) is 3.65. The number of carbonyl (C=O) groups is 1. The van der Waals surface area contributed by atoms with E-state index in [1.807, 2.05) is 24.3 Å². The van der Waals surface area contributed by atoms with Crippen LogP contribution in [-0.2, 0) is 4.79 Å². The molecule has 2 rings (SSSR count). The van der Waals surface area contributed by atoms with Gasteiger partial charge in [0.2, 0.25) is 5.91 Å². The van der Waals surface area contributed by atoms with Crippen LogP contribution in [0.15, 0.2) is 24.3 Å². The number of nitrogens with one attached hydrogen (secondary N) is 1. The van der Waals surface area contributed by atoms with Crippen molar-refractivity contribution in [1.29, 1.82) is 0 Å². The van der Waals surface area contributed by atoms with Crippen molar-refractivity contribution in [3.05, 3.63) is 29.8 Å². The van der Waals surface area contributed by atoms with Gasteiger partial charge in [0.15, 0.2) is 0 Å². The van der Waals surface area contributed by atoms with Gasteiger partial charge < -0.3 is 10.4 Å². The largest absolute Gasteiger partial charge is 0.395 e. The highest BCUT2D eigenvalue weighted by Gasteiger charge is 2.29. The van der Waals surface area contributed by atoms with Gasteiger partial charge in [-0.05, 0) is 30.4 Å². The van der Waals surface area contributed by atoms with Crippen LogP contribution in [0.2, 0.25) is 0 Å². The zero-order valence-electron chi connectivity index (χ0n) is 12.3. The first-order valence-corrected chi connectivity index (χ1v) is 7.35. The van der Waals surface area contributed by atoms with Crippen LogP contribution in [0.1, 0.15) is 38.2 Å². The van der Waals surface area contributed by atoms with Gasteiger partial charge in [-0.2, -0.15) is 0 Å². The van der Waals surface area contributed by atoms with Crippen LogP contribution >= 0.6 is 0 Å². The molecule has 0 heterocycles. The average molecular weight is 276 g/mol. The summed E-state index contributed by atoms with van der Waals surface area (Å²) >= 11 is 0. The van der Waals surface area contributed by atoms with Crippen LogP contribution < -0.4 is 5.32 Å². The highest BCUT2D eigenvalue weighted by Crippen LogP contribution is 2.27. The highest BCUT2D eigenvalue weighted by molar-refractivity contribution is 5.93. The number of hydrogen-bond donors (Lipinski definition) is 2. The van der Waals surface area contributed by atoms with Crippen molar-refractivity contribution in [2.24, 2.45) is 0 Å². The quantitative estimate of drug-likeness (QED) is 0.803. The molecule has 1 aliphatic rings. The molecule has 4 heteroatoms. The van der Waals surface area contributed by atoms with Crippen LogP contribution in [0.4, 0.5) is 5.69 Å². The molecule has 1 aromatic rings. The van der Waals surface area contributed by atoms with Gasteiger partial charge in [0.05, 0.1) is 13.2 Å². The van der Waals surface area contributed by atoms with Gasteiger partial charge in [-0.25, -0.2) is 0 Å². The molecule has 20 heavy (non-hydrogen) atoms. The van der Waals surface area contributed by atoms with Crippen molar-refractivity contribution in [1.82, 2.24) is 4.90 Å². The van der Waals surface area contributed by atoms with Gasteiger partial charge in [-0.1, -0.05) is 32.0 Å². The van der Waals surface area contributed by atoms with Crippen molar-refractivity contribution >= 4 is 11.6 Å². The minimum atomic E-state index is -0.00144. The summed E-state index contributed by atoms with van der Waals surface area (Å²) in [5, 5.41) is 12.1. The van der Waals surface area contributed by atoms with Gasteiger partial charge in [-0.15, -0.1) is 0 Å². The number of aliphatic hydroxyl groups excluding tert-OH is 1. The molecule has 110 valence electrons. The molecule has 1 amide bonds. The molecule has 0 unspecified atom stereocenters. The molecule has 2 N–H and O–H groups in total. The molecule has 0 aliphatic heterocycles. The Bertz CT molecular complexity index is 456. The van der Waals surface area contributed by atoms with Crippen molar-refractivity contribution in [2.75, 3.05) is 25.0 Å². The summed E-state index contributed by atoms with van der Waals surface area (Å²) in [4.78, 5) is 14.2. The van der Waals surface area contributed by atoms with Crippen LogP contribution in [0.25, 0.3) is 0 Å².